The van der Waals surface area contributed by atoms with Gasteiger partial charge in [-0.3, -0.25) is 0 Å². The third kappa shape index (κ3) is 4.91. The molecule has 4 heteroatoms. The Morgan fingerprint density at radius 2 is 0.947 bits per heavy atom. The van der Waals surface area contributed by atoms with Gasteiger partial charge in [-0.05, 0) is 68.8 Å². The number of rotatable bonds is 4. The van der Waals surface area contributed by atoms with Gasteiger partial charge in [0.05, 0.1) is 16.8 Å². The van der Waals surface area contributed by atoms with Crippen LogP contribution in [0, 0.1) is 0 Å². The normalized spacial score (nSPS) is 13.3. The summed E-state index contributed by atoms with van der Waals surface area (Å²) in [6.07, 6.45) is 0. The van der Waals surface area contributed by atoms with E-state index in [1.165, 1.54) is 74.5 Å². The van der Waals surface area contributed by atoms with Crippen molar-refractivity contribution >= 4 is 43.3 Å². The molecule has 10 aromatic rings. The Labute approximate surface area is 339 Å². The molecule has 8 aromatic carbocycles. The minimum atomic E-state index is -0.402. The van der Waals surface area contributed by atoms with Crippen molar-refractivity contribution in [1.29, 1.82) is 0 Å². The van der Waals surface area contributed by atoms with Crippen LogP contribution in [-0.2, 0) is 5.41 Å². The lowest BCUT2D eigenvalue weighted by Gasteiger charge is -2.40. The van der Waals surface area contributed by atoms with E-state index in [-0.39, 0.29) is 0 Å². The first-order chi connectivity index (χ1) is 28.2. The van der Waals surface area contributed by atoms with Gasteiger partial charge in [-0.25, -0.2) is 9.97 Å². The Balaban J connectivity index is 0.992. The molecule has 3 heterocycles. The molecular weight excluding hydrogens is 729 g/mol. The number of benzene rings is 8. The third-order valence-corrected chi connectivity index (χ3v) is 14.2. The van der Waals surface area contributed by atoms with Gasteiger partial charge in [0.15, 0.2) is 5.82 Å². The molecule has 2 aliphatic rings. The zero-order chi connectivity index (χ0) is 37.5. The molecule has 2 nitrogen and oxygen atoms in total. The van der Waals surface area contributed by atoms with Crippen molar-refractivity contribution in [3.8, 4) is 56.2 Å². The molecule has 1 spiro atoms. The van der Waals surface area contributed by atoms with E-state index >= 15 is 0 Å². The van der Waals surface area contributed by atoms with Gasteiger partial charge in [-0.15, -0.1) is 11.3 Å². The maximum Gasteiger partial charge on any atom is 0.160 e. The van der Waals surface area contributed by atoms with Crippen LogP contribution in [0.4, 0.5) is 0 Å². The lowest BCUT2D eigenvalue weighted by Crippen LogP contribution is -2.32. The standard InChI is InChI=1S/C53H32N2S2/c1-2-13-34(14-3-1)46-32-47(36-29-30-41-40-17-6-10-23-48(40)56-50(41)31-36)55-52(54-46)35-27-25-33(26-28-35)37-18-12-22-45-51(37)57-49-24-11-9-21-44(49)53(45)42-19-7-4-15-38(42)39-16-5-8-20-43(39)53/h1-32H. The maximum atomic E-state index is 5.24. The van der Waals surface area contributed by atoms with E-state index in [4.69, 9.17) is 9.97 Å². The van der Waals surface area contributed by atoms with Gasteiger partial charge in [-0.2, -0.15) is 0 Å². The molecule has 0 saturated heterocycles. The van der Waals surface area contributed by atoms with Crippen LogP contribution in [0.25, 0.3) is 76.3 Å². The molecule has 0 N–H and O–H groups in total. The second-order valence-electron chi connectivity index (χ2n) is 14.8. The monoisotopic (exact) mass is 760 g/mol. The summed E-state index contributed by atoms with van der Waals surface area (Å²) in [4.78, 5) is 13.0. The van der Waals surface area contributed by atoms with E-state index < -0.39 is 5.41 Å². The van der Waals surface area contributed by atoms with Crippen LogP contribution >= 0.6 is 23.1 Å². The number of fused-ring (bicyclic) bond motifs is 12. The van der Waals surface area contributed by atoms with E-state index in [1.807, 2.05) is 29.2 Å². The molecule has 0 amide bonds. The summed E-state index contributed by atoms with van der Waals surface area (Å²) >= 11 is 3.72. The molecule has 0 bridgehead atoms. The summed E-state index contributed by atoms with van der Waals surface area (Å²) in [6, 6.07) is 70.7. The smallest absolute Gasteiger partial charge is 0.160 e. The predicted molar refractivity (Wildman–Crippen MR) is 238 cm³/mol. The molecule has 1 aliphatic heterocycles. The Kier molecular flexibility index (Phi) is 7.28. The average Bonchev–Trinajstić information content (AvgIpc) is 3.80. The highest BCUT2D eigenvalue weighted by Gasteiger charge is 2.50. The Morgan fingerprint density at radius 3 is 1.74 bits per heavy atom. The van der Waals surface area contributed by atoms with Crippen molar-refractivity contribution < 1.29 is 0 Å². The second kappa shape index (κ2) is 12.7. The summed E-state index contributed by atoms with van der Waals surface area (Å²) in [5.74, 6) is 0.714. The average molecular weight is 761 g/mol. The molecular formula is C53H32N2S2. The van der Waals surface area contributed by atoms with Gasteiger partial charge in [0, 0.05) is 46.7 Å². The first-order valence-electron chi connectivity index (χ1n) is 19.3. The molecule has 266 valence electrons. The second-order valence-corrected chi connectivity index (χ2v) is 17.0. The topological polar surface area (TPSA) is 25.8 Å². The highest BCUT2D eigenvalue weighted by Crippen LogP contribution is 2.63. The van der Waals surface area contributed by atoms with Crippen molar-refractivity contribution in [2.24, 2.45) is 0 Å². The Hall–Kier alpha value is -6.59. The number of aromatic nitrogens is 2. The fourth-order valence-electron chi connectivity index (χ4n) is 9.27. The summed E-state index contributed by atoms with van der Waals surface area (Å²) in [7, 11) is 0. The van der Waals surface area contributed by atoms with Crippen LogP contribution in [0.1, 0.15) is 22.3 Å². The minimum Gasteiger partial charge on any atom is -0.228 e. The SMILES string of the molecule is c1ccc(-c2cc(-c3ccc4c(c3)sc3ccccc34)nc(-c3ccc(-c4cccc5c4Sc4ccccc4C54c5ccccc5-c5ccccc54)cc3)n2)cc1. The lowest BCUT2D eigenvalue weighted by atomic mass is 9.67. The van der Waals surface area contributed by atoms with Gasteiger partial charge >= 0.3 is 0 Å². The first kappa shape index (κ1) is 32.6. The van der Waals surface area contributed by atoms with Gasteiger partial charge < -0.3 is 0 Å². The molecule has 1 aliphatic carbocycles. The predicted octanol–water partition coefficient (Wildman–Crippen LogP) is 14.3. The number of hydrogen-bond acceptors (Lipinski definition) is 4. The summed E-state index contributed by atoms with van der Waals surface area (Å²) < 4.78 is 2.56. The first-order valence-corrected chi connectivity index (χ1v) is 20.9. The van der Waals surface area contributed by atoms with Crippen molar-refractivity contribution in [2.45, 2.75) is 15.2 Å². The molecule has 0 saturated carbocycles. The largest absolute Gasteiger partial charge is 0.228 e. The van der Waals surface area contributed by atoms with Crippen LogP contribution in [0.15, 0.2) is 204 Å². The minimum absolute atomic E-state index is 0.402. The zero-order valence-corrected chi connectivity index (χ0v) is 32.3. The fourth-order valence-corrected chi connectivity index (χ4v) is 11.7. The molecule has 0 radical (unpaired) electrons. The van der Waals surface area contributed by atoms with Crippen LogP contribution in [0.2, 0.25) is 0 Å². The quantitative estimate of drug-likeness (QED) is 0.179. The van der Waals surface area contributed by atoms with E-state index in [9.17, 15) is 0 Å². The maximum absolute atomic E-state index is 5.24. The van der Waals surface area contributed by atoms with E-state index in [0.717, 1.165) is 28.1 Å². The summed E-state index contributed by atoms with van der Waals surface area (Å²) in [6.45, 7) is 0. The molecule has 12 rings (SSSR count). The van der Waals surface area contributed by atoms with Crippen LogP contribution in [-0.4, -0.2) is 9.97 Å². The van der Waals surface area contributed by atoms with Crippen molar-refractivity contribution in [1.82, 2.24) is 9.97 Å². The van der Waals surface area contributed by atoms with E-state index in [1.54, 1.807) is 0 Å². The van der Waals surface area contributed by atoms with Crippen LogP contribution in [0.5, 0.6) is 0 Å². The molecule has 0 atom stereocenters. The van der Waals surface area contributed by atoms with Gasteiger partial charge in [0.1, 0.15) is 0 Å². The summed E-state index contributed by atoms with van der Waals surface area (Å²) in [5.41, 5.74) is 15.0. The van der Waals surface area contributed by atoms with Crippen LogP contribution < -0.4 is 0 Å². The molecule has 57 heavy (non-hydrogen) atoms. The van der Waals surface area contributed by atoms with Gasteiger partial charge in [-0.1, -0.05) is 182 Å². The fraction of sp³-hybridized carbons (Fsp3) is 0.0189. The van der Waals surface area contributed by atoms with E-state index in [2.05, 4.69) is 188 Å². The molecule has 0 unspecified atom stereocenters. The van der Waals surface area contributed by atoms with Gasteiger partial charge in [0.2, 0.25) is 0 Å². The van der Waals surface area contributed by atoms with Crippen LogP contribution in [0.3, 0.4) is 0 Å². The summed E-state index contributed by atoms with van der Waals surface area (Å²) in [5, 5.41) is 2.58. The molecule has 2 aromatic heterocycles. The van der Waals surface area contributed by atoms with Crippen molar-refractivity contribution in [3.05, 3.63) is 216 Å². The Morgan fingerprint density at radius 1 is 0.368 bits per heavy atom. The van der Waals surface area contributed by atoms with E-state index in [0.29, 0.717) is 5.82 Å². The number of thiophene rings is 1. The van der Waals surface area contributed by atoms with Crippen molar-refractivity contribution in [2.75, 3.05) is 0 Å². The zero-order valence-electron chi connectivity index (χ0n) is 30.7. The van der Waals surface area contributed by atoms with Gasteiger partial charge in [0.25, 0.3) is 0 Å². The lowest BCUT2D eigenvalue weighted by molar-refractivity contribution is 0.723. The number of nitrogens with zero attached hydrogens (tertiary/aromatic N) is 2. The van der Waals surface area contributed by atoms with Crippen molar-refractivity contribution in [3.63, 3.8) is 0 Å². The Bertz CT molecular complexity index is 3170. The highest BCUT2D eigenvalue weighted by atomic mass is 32.2. The number of hydrogen-bond donors (Lipinski definition) is 0. The molecule has 0 fully saturated rings. The third-order valence-electron chi connectivity index (χ3n) is 11.8. The highest BCUT2D eigenvalue weighted by molar-refractivity contribution is 7.99.